The van der Waals surface area contributed by atoms with Crippen LogP contribution in [0.2, 0.25) is 5.15 Å². The number of rotatable bonds is 3. The average molecular weight is 304 g/mol. The molecule has 1 saturated heterocycles. The molecule has 1 aliphatic rings. The van der Waals surface area contributed by atoms with Crippen LogP contribution in [0.4, 0.5) is 0 Å². The Bertz CT molecular complexity index is 646. The van der Waals surface area contributed by atoms with Gasteiger partial charge in [-0.3, -0.25) is 14.5 Å². The van der Waals surface area contributed by atoms with Crippen molar-refractivity contribution in [3.05, 3.63) is 23.5 Å². The normalized spacial score (nSPS) is 20.1. The summed E-state index contributed by atoms with van der Waals surface area (Å²) in [5.74, 6) is -1.02. The molecule has 1 atom stereocenters. The molecule has 7 nitrogen and oxygen atoms in total. The van der Waals surface area contributed by atoms with Crippen LogP contribution in [-0.2, 0) is 19.6 Å². The Hall–Kier alpha value is -1.51. The van der Waals surface area contributed by atoms with Crippen molar-refractivity contribution in [3.8, 4) is 0 Å². The Kier molecular flexibility index (Phi) is 3.57. The van der Waals surface area contributed by atoms with Crippen molar-refractivity contribution in [1.82, 2.24) is 14.6 Å². The van der Waals surface area contributed by atoms with Crippen LogP contribution in [0.1, 0.15) is 6.42 Å². The van der Waals surface area contributed by atoms with Crippen molar-refractivity contribution in [1.29, 1.82) is 0 Å². The summed E-state index contributed by atoms with van der Waals surface area (Å²) < 4.78 is 26.3. The Balaban J connectivity index is 2.27. The Morgan fingerprint density at radius 3 is 2.68 bits per heavy atom. The highest BCUT2D eigenvalue weighted by molar-refractivity contribution is 7.89. The van der Waals surface area contributed by atoms with E-state index in [9.17, 15) is 18.0 Å². The van der Waals surface area contributed by atoms with Gasteiger partial charge in [-0.15, -0.1) is 0 Å². The maximum Gasteiger partial charge on any atom is 0.247 e. The predicted octanol–water partition coefficient (Wildman–Crippen LogP) is -0.229. The maximum atomic E-state index is 12.1. The summed E-state index contributed by atoms with van der Waals surface area (Å²) in [6.07, 6.45) is 1.14. The van der Waals surface area contributed by atoms with Gasteiger partial charge >= 0.3 is 0 Å². The van der Waals surface area contributed by atoms with Crippen LogP contribution >= 0.6 is 11.6 Å². The fourth-order valence-corrected chi connectivity index (χ4v) is 3.31. The van der Waals surface area contributed by atoms with Gasteiger partial charge in [0.2, 0.25) is 21.8 Å². The highest BCUT2D eigenvalue weighted by atomic mass is 35.5. The minimum Gasteiger partial charge on any atom is -0.284 e. The van der Waals surface area contributed by atoms with Crippen molar-refractivity contribution in [3.63, 3.8) is 0 Å². The third kappa shape index (κ3) is 2.60. The number of hydrogen-bond acceptors (Lipinski definition) is 5. The number of hydrogen-bond donors (Lipinski definition) is 1. The molecule has 0 spiro atoms. The molecule has 2 amide bonds. The zero-order chi connectivity index (χ0) is 14.2. The Labute approximate surface area is 114 Å². The molecule has 0 aliphatic carbocycles. The number of likely N-dealkylation sites (N-methyl/N-ethyl adjacent to an activating group) is 1. The second-order valence-corrected chi connectivity index (χ2v) is 6.00. The third-order valence-corrected chi connectivity index (χ3v) is 4.61. The van der Waals surface area contributed by atoms with Crippen LogP contribution in [-0.4, -0.2) is 43.2 Å². The van der Waals surface area contributed by atoms with Gasteiger partial charge < -0.3 is 0 Å². The van der Waals surface area contributed by atoms with Gasteiger partial charge in [-0.25, -0.2) is 13.4 Å². The second kappa shape index (κ2) is 4.87. The summed E-state index contributed by atoms with van der Waals surface area (Å²) in [4.78, 5) is 27.3. The van der Waals surface area contributed by atoms with E-state index < -0.39 is 27.9 Å². The van der Waals surface area contributed by atoms with E-state index in [-0.39, 0.29) is 16.5 Å². The number of carbonyl (C=O) groups excluding carboxylic acids is 2. The molecular weight excluding hydrogens is 294 g/mol. The van der Waals surface area contributed by atoms with Crippen LogP contribution in [0.15, 0.2) is 23.2 Å². The number of aromatic nitrogens is 1. The Morgan fingerprint density at radius 1 is 1.47 bits per heavy atom. The molecule has 0 bridgehead atoms. The van der Waals surface area contributed by atoms with Crippen LogP contribution in [0.5, 0.6) is 0 Å². The molecule has 1 aromatic rings. The van der Waals surface area contributed by atoms with Gasteiger partial charge in [0.05, 0.1) is 6.42 Å². The van der Waals surface area contributed by atoms with Crippen LogP contribution in [0, 0.1) is 0 Å². The van der Waals surface area contributed by atoms with Crippen molar-refractivity contribution in [2.24, 2.45) is 0 Å². The number of pyridine rings is 1. The molecular formula is C10H10ClN3O4S. The smallest absolute Gasteiger partial charge is 0.247 e. The van der Waals surface area contributed by atoms with Gasteiger partial charge in [0.1, 0.15) is 16.1 Å². The van der Waals surface area contributed by atoms with Gasteiger partial charge in [0.25, 0.3) is 0 Å². The number of halogens is 1. The summed E-state index contributed by atoms with van der Waals surface area (Å²) in [6, 6.07) is 1.58. The summed E-state index contributed by atoms with van der Waals surface area (Å²) >= 11 is 5.70. The molecule has 0 saturated carbocycles. The first-order valence-corrected chi connectivity index (χ1v) is 7.12. The minimum atomic E-state index is -4.00. The molecule has 0 radical (unpaired) electrons. The number of nitrogens with one attached hydrogen (secondary N) is 1. The van der Waals surface area contributed by atoms with Gasteiger partial charge in [0, 0.05) is 13.2 Å². The third-order valence-electron chi connectivity index (χ3n) is 2.69. The molecule has 2 rings (SSSR count). The molecule has 0 aromatic carbocycles. The number of amides is 2. The van der Waals surface area contributed by atoms with Gasteiger partial charge in [-0.2, -0.15) is 4.72 Å². The first-order valence-electron chi connectivity index (χ1n) is 5.26. The SMILES string of the molecule is CN1C(=O)CC(NS(=O)(=O)c2cccnc2Cl)C1=O. The quantitative estimate of drug-likeness (QED) is 0.614. The van der Waals surface area contributed by atoms with E-state index in [1.54, 1.807) is 0 Å². The molecule has 19 heavy (non-hydrogen) atoms. The number of imide groups is 1. The van der Waals surface area contributed by atoms with E-state index in [2.05, 4.69) is 9.71 Å². The lowest BCUT2D eigenvalue weighted by molar-refractivity contribution is -0.137. The first-order chi connectivity index (χ1) is 8.83. The van der Waals surface area contributed by atoms with Crippen molar-refractivity contribution >= 4 is 33.4 Å². The van der Waals surface area contributed by atoms with E-state index >= 15 is 0 Å². The lowest BCUT2D eigenvalue weighted by Gasteiger charge is -2.12. The van der Waals surface area contributed by atoms with Crippen molar-refractivity contribution < 1.29 is 18.0 Å². The maximum absolute atomic E-state index is 12.1. The summed E-state index contributed by atoms with van der Waals surface area (Å²) in [5.41, 5.74) is 0. The number of sulfonamides is 1. The van der Waals surface area contributed by atoms with E-state index in [0.29, 0.717) is 0 Å². The second-order valence-electron chi connectivity index (χ2n) is 3.96. The predicted molar refractivity (Wildman–Crippen MR) is 65.8 cm³/mol. The fraction of sp³-hybridized carbons (Fsp3) is 0.300. The highest BCUT2D eigenvalue weighted by Crippen LogP contribution is 2.20. The Morgan fingerprint density at radius 2 is 2.16 bits per heavy atom. The monoisotopic (exact) mass is 303 g/mol. The van der Waals surface area contributed by atoms with Crippen LogP contribution < -0.4 is 4.72 Å². The van der Waals surface area contributed by atoms with Crippen LogP contribution in [0.3, 0.4) is 0 Å². The molecule has 9 heteroatoms. The molecule has 1 aliphatic heterocycles. The largest absolute Gasteiger partial charge is 0.284 e. The molecule has 1 aromatic heterocycles. The summed E-state index contributed by atoms with van der Waals surface area (Å²) in [5, 5.41) is -0.194. The van der Waals surface area contributed by atoms with Gasteiger partial charge in [-0.1, -0.05) is 11.6 Å². The number of carbonyl (C=O) groups is 2. The zero-order valence-electron chi connectivity index (χ0n) is 9.83. The van der Waals surface area contributed by atoms with E-state index in [4.69, 9.17) is 11.6 Å². The summed E-state index contributed by atoms with van der Waals surface area (Å²) in [6.45, 7) is 0. The van der Waals surface area contributed by atoms with Crippen molar-refractivity contribution in [2.45, 2.75) is 17.4 Å². The minimum absolute atomic E-state index is 0.194. The van der Waals surface area contributed by atoms with Gasteiger partial charge in [0.15, 0.2) is 0 Å². The van der Waals surface area contributed by atoms with E-state index in [1.165, 1.54) is 25.4 Å². The molecule has 1 N–H and O–H groups in total. The van der Waals surface area contributed by atoms with E-state index in [0.717, 1.165) is 4.90 Å². The number of likely N-dealkylation sites (tertiary alicyclic amines) is 1. The summed E-state index contributed by atoms with van der Waals surface area (Å²) in [7, 11) is -2.70. The molecule has 1 fully saturated rings. The fourth-order valence-electron chi connectivity index (χ4n) is 1.67. The van der Waals surface area contributed by atoms with E-state index in [1.807, 2.05) is 0 Å². The topological polar surface area (TPSA) is 96.4 Å². The zero-order valence-corrected chi connectivity index (χ0v) is 11.4. The highest BCUT2D eigenvalue weighted by Gasteiger charge is 2.39. The number of nitrogens with zero attached hydrogens (tertiary/aromatic N) is 2. The molecule has 1 unspecified atom stereocenters. The molecule has 2 heterocycles. The average Bonchev–Trinajstić information content (AvgIpc) is 2.57. The van der Waals surface area contributed by atoms with Gasteiger partial charge in [-0.05, 0) is 12.1 Å². The van der Waals surface area contributed by atoms with Crippen molar-refractivity contribution in [2.75, 3.05) is 7.05 Å². The standard InChI is InChI=1S/C10H10ClN3O4S/c1-14-8(15)5-6(10(14)16)13-19(17,18)7-3-2-4-12-9(7)11/h2-4,6,13H,5H2,1H3. The first kappa shape index (κ1) is 13.9. The molecule has 102 valence electrons. The van der Waals surface area contributed by atoms with Crippen LogP contribution in [0.25, 0.3) is 0 Å². The lowest BCUT2D eigenvalue weighted by Crippen LogP contribution is -2.40. The lowest BCUT2D eigenvalue weighted by atomic mass is 10.3.